The molecule has 0 N–H and O–H groups in total. The molecule has 2 heterocycles. The van der Waals surface area contributed by atoms with Gasteiger partial charge in [0.25, 0.3) is 0 Å². The summed E-state index contributed by atoms with van der Waals surface area (Å²) in [5, 5.41) is 15.9. The van der Waals surface area contributed by atoms with E-state index in [0.717, 1.165) is 49.4 Å². The van der Waals surface area contributed by atoms with Crippen LogP contribution in [0.1, 0.15) is 11.4 Å². The zero-order chi connectivity index (χ0) is 15.0. The minimum Gasteiger partial charge on any atom is -0.233 e. The summed E-state index contributed by atoms with van der Waals surface area (Å²) in [6.07, 6.45) is 0. The lowest BCUT2D eigenvalue weighted by Gasteiger charge is -2.00. The summed E-state index contributed by atoms with van der Waals surface area (Å²) in [5.41, 5.74) is 4.39. The van der Waals surface area contributed by atoms with Crippen molar-refractivity contribution < 1.29 is 0 Å². The smallest absolute Gasteiger partial charge is 0.170 e. The number of rotatable bonds is 2. The first-order chi connectivity index (χ1) is 10.1. The molecule has 21 heavy (non-hydrogen) atoms. The van der Waals surface area contributed by atoms with Gasteiger partial charge in [-0.05, 0) is 43.8 Å². The molecule has 4 nitrogen and oxygen atoms in total. The van der Waals surface area contributed by atoms with Gasteiger partial charge in [-0.3, -0.25) is 0 Å². The van der Waals surface area contributed by atoms with Gasteiger partial charge in [0, 0.05) is 21.4 Å². The zero-order valence-electron chi connectivity index (χ0n) is 11.5. The van der Waals surface area contributed by atoms with E-state index in [4.69, 9.17) is 5.26 Å². The summed E-state index contributed by atoms with van der Waals surface area (Å²) in [4.78, 5) is 5.33. The van der Waals surface area contributed by atoms with Crippen LogP contribution in [0.25, 0.3) is 16.9 Å². The average Bonchev–Trinajstić information content (AvgIpc) is 2.79. The molecule has 0 fully saturated rings. The third kappa shape index (κ3) is 2.55. The number of hydrogen-bond acceptors (Lipinski definition) is 4. The fourth-order valence-corrected chi connectivity index (χ4v) is 3.24. The number of thioether (sulfide) groups is 1. The van der Waals surface area contributed by atoms with Crippen molar-refractivity contribution in [3.8, 4) is 16.7 Å². The zero-order valence-corrected chi connectivity index (χ0v) is 13.9. The topological polar surface area (TPSA) is 54.0 Å². The molecule has 0 saturated carbocycles. The first-order valence-electron chi connectivity index (χ1n) is 6.29. The lowest BCUT2D eigenvalue weighted by atomic mass is 10.1. The number of fused-ring (bicyclic) bond motifs is 1. The maximum Gasteiger partial charge on any atom is 0.170 e. The molecule has 1 aromatic carbocycles. The van der Waals surface area contributed by atoms with Crippen LogP contribution in [0, 0.1) is 24.5 Å². The summed E-state index contributed by atoms with van der Waals surface area (Å²) in [6, 6.07) is 9.87. The van der Waals surface area contributed by atoms with Crippen molar-refractivity contribution in [1.82, 2.24) is 14.6 Å². The van der Waals surface area contributed by atoms with Crippen LogP contribution in [-0.2, 0) is 0 Å². The molecule has 0 amide bonds. The normalized spacial score (nSPS) is 10.8. The molecular formula is C15H11BrN4S. The highest BCUT2D eigenvalue weighted by atomic mass is 79.9. The van der Waals surface area contributed by atoms with Crippen LogP contribution in [0.5, 0.6) is 0 Å². The Morgan fingerprint density at radius 2 is 2.10 bits per heavy atom. The standard InChI is InChI=1S/C15H11BrN4S/c1-9-6-10(2)20-15(18-9)14(21-8-17)13(19-20)11-4-3-5-12(16)7-11/h3-7H,1-2H3. The maximum absolute atomic E-state index is 9.10. The van der Waals surface area contributed by atoms with Gasteiger partial charge >= 0.3 is 0 Å². The molecule has 0 bridgehead atoms. The first kappa shape index (κ1) is 14.1. The van der Waals surface area contributed by atoms with Crippen molar-refractivity contribution in [2.75, 3.05) is 0 Å². The van der Waals surface area contributed by atoms with E-state index in [1.54, 1.807) is 4.52 Å². The van der Waals surface area contributed by atoms with Crippen molar-refractivity contribution in [1.29, 1.82) is 5.26 Å². The number of benzene rings is 1. The Morgan fingerprint density at radius 3 is 2.81 bits per heavy atom. The molecule has 3 aromatic rings. The molecule has 0 atom stereocenters. The largest absolute Gasteiger partial charge is 0.233 e. The highest BCUT2D eigenvalue weighted by molar-refractivity contribution is 9.10. The SMILES string of the molecule is Cc1cc(C)n2nc(-c3cccc(Br)c3)c(SC#N)c2n1. The lowest BCUT2D eigenvalue weighted by Crippen LogP contribution is -1.97. The molecule has 0 saturated heterocycles. The van der Waals surface area contributed by atoms with Gasteiger partial charge in [0.05, 0.1) is 4.90 Å². The van der Waals surface area contributed by atoms with Crippen LogP contribution in [0.2, 0.25) is 0 Å². The third-order valence-electron chi connectivity index (χ3n) is 3.10. The van der Waals surface area contributed by atoms with Crippen molar-refractivity contribution in [3.63, 3.8) is 0 Å². The Morgan fingerprint density at radius 1 is 1.29 bits per heavy atom. The first-order valence-corrected chi connectivity index (χ1v) is 7.90. The molecule has 0 aliphatic heterocycles. The van der Waals surface area contributed by atoms with E-state index in [9.17, 15) is 0 Å². The quantitative estimate of drug-likeness (QED) is 0.504. The van der Waals surface area contributed by atoms with Crippen LogP contribution in [0.15, 0.2) is 39.7 Å². The van der Waals surface area contributed by atoms with Crippen LogP contribution >= 0.6 is 27.7 Å². The fourth-order valence-electron chi connectivity index (χ4n) is 2.27. The second-order valence-electron chi connectivity index (χ2n) is 4.66. The van der Waals surface area contributed by atoms with Gasteiger partial charge < -0.3 is 0 Å². The maximum atomic E-state index is 9.10. The monoisotopic (exact) mass is 358 g/mol. The highest BCUT2D eigenvalue weighted by Crippen LogP contribution is 2.34. The molecule has 0 radical (unpaired) electrons. The van der Waals surface area contributed by atoms with Crippen molar-refractivity contribution in [2.24, 2.45) is 0 Å². The lowest BCUT2D eigenvalue weighted by molar-refractivity contribution is 0.888. The van der Waals surface area contributed by atoms with Crippen molar-refractivity contribution in [3.05, 3.63) is 46.2 Å². The summed E-state index contributed by atoms with van der Waals surface area (Å²) >= 11 is 4.57. The summed E-state index contributed by atoms with van der Waals surface area (Å²) in [5.74, 6) is 0. The molecule has 0 aliphatic carbocycles. The Bertz CT molecular complexity index is 879. The van der Waals surface area contributed by atoms with Crippen LogP contribution < -0.4 is 0 Å². The molecule has 0 spiro atoms. The average molecular weight is 359 g/mol. The van der Waals surface area contributed by atoms with E-state index in [0.29, 0.717) is 0 Å². The molecule has 3 rings (SSSR count). The fraction of sp³-hybridized carbons (Fsp3) is 0.133. The molecule has 0 aliphatic rings. The number of thiocyanates is 1. The van der Waals surface area contributed by atoms with E-state index >= 15 is 0 Å². The molecular weight excluding hydrogens is 348 g/mol. The Balaban J connectivity index is 2.35. The van der Waals surface area contributed by atoms with Gasteiger partial charge in [0.15, 0.2) is 5.65 Å². The van der Waals surface area contributed by atoms with Gasteiger partial charge in [-0.1, -0.05) is 28.1 Å². The van der Waals surface area contributed by atoms with E-state index in [1.165, 1.54) is 0 Å². The number of hydrogen-bond donors (Lipinski definition) is 0. The molecule has 6 heteroatoms. The predicted molar refractivity (Wildman–Crippen MR) is 87.1 cm³/mol. The van der Waals surface area contributed by atoms with Crippen LogP contribution in [0.3, 0.4) is 0 Å². The van der Waals surface area contributed by atoms with Crippen LogP contribution in [0.4, 0.5) is 0 Å². The minimum absolute atomic E-state index is 0.731. The Kier molecular flexibility index (Phi) is 3.70. The molecule has 104 valence electrons. The van der Waals surface area contributed by atoms with Crippen molar-refractivity contribution >= 4 is 33.3 Å². The Labute approximate surface area is 134 Å². The van der Waals surface area contributed by atoms with Crippen molar-refractivity contribution in [2.45, 2.75) is 18.7 Å². The van der Waals surface area contributed by atoms with E-state index < -0.39 is 0 Å². The summed E-state index contributed by atoms with van der Waals surface area (Å²) < 4.78 is 2.77. The number of nitrogens with zero attached hydrogens (tertiary/aromatic N) is 4. The number of aryl methyl sites for hydroxylation is 2. The second-order valence-corrected chi connectivity index (χ2v) is 6.37. The van der Waals surface area contributed by atoms with E-state index in [1.807, 2.05) is 44.2 Å². The van der Waals surface area contributed by atoms with Gasteiger partial charge in [0.1, 0.15) is 11.1 Å². The summed E-state index contributed by atoms with van der Waals surface area (Å²) in [7, 11) is 0. The minimum atomic E-state index is 0.731. The highest BCUT2D eigenvalue weighted by Gasteiger charge is 2.18. The Hall–Kier alpha value is -1.84. The third-order valence-corrected chi connectivity index (χ3v) is 4.26. The van der Waals surface area contributed by atoms with E-state index in [-0.39, 0.29) is 0 Å². The van der Waals surface area contributed by atoms with Gasteiger partial charge in [-0.15, -0.1) is 0 Å². The number of nitriles is 1. The molecule has 0 unspecified atom stereocenters. The summed E-state index contributed by atoms with van der Waals surface area (Å²) in [6.45, 7) is 3.93. The van der Waals surface area contributed by atoms with Gasteiger partial charge in [-0.2, -0.15) is 10.4 Å². The number of aromatic nitrogens is 3. The number of halogens is 1. The van der Waals surface area contributed by atoms with Gasteiger partial charge in [-0.25, -0.2) is 9.50 Å². The van der Waals surface area contributed by atoms with Gasteiger partial charge in [0.2, 0.25) is 0 Å². The van der Waals surface area contributed by atoms with Crippen LogP contribution in [-0.4, -0.2) is 14.6 Å². The molecule has 2 aromatic heterocycles. The predicted octanol–water partition coefficient (Wildman–Crippen LogP) is 4.35. The second kappa shape index (κ2) is 5.51. The van der Waals surface area contributed by atoms with E-state index in [2.05, 4.69) is 31.4 Å².